The van der Waals surface area contributed by atoms with Gasteiger partial charge in [0, 0.05) is 11.3 Å². The first-order chi connectivity index (χ1) is 11.3. The average Bonchev–Trinajstić information content (AvgIpc) is 2.61. The van der Waals surface area contributed by atoms with Gasteiger partial charge in [-0.05, 0) is 29.8 Å². The minimum atomic E-state index is -3.01. The molecule has 0 aromatic heterocycles. The zero-order valence-electron chi connectivity index (χ0n) is 12.5. The van der Waals surface area contributed by atoms with Crippen molar-refractivity contribution in [3.63, 3.8) is 0 Å². The van der Waals surface area contributed by atoms with Crippen molar-refractivity contribution in [3.8, 4) is 16.9 Å². The highest BCUT2D eigenvalue weighted by atomic mass is 31.2. The Balaban J connectivity index is 1.74. The summed E-state index contributed by atoms with van der Waals surface area (Å²) in [6, 6.07) is 25.3. The van der Waals surface area contributed by atoms with Crippen LogP contribution in [-0.4, -0.2) is 6.29 Å². The van der Waals surface area contributed by atoms with E-state index in [1.165, 1.54) is 0 Å². The molecule has 0 radical (unpaired) electrons. The zero-order chi connectivity index (χ0) is 15.7. The standard InChI is InChI=1S/C19H16NO2P/c21-23(14-20-15-8-2-1-3-9-15)19-13-7-5-11-17(19)16-10-4-6-12-18(16)22-23/h1-13,20H,14H2. The summed E-state index contributed by atoms with van der Waals surface area (Å²) in [7, 11) is -3.01. The first kappa shape index (κ1) is 14.1. The smallest absolute Gasteiger partial charge is 0.296 e. The maximum absolute atomic E-state index is 13.5. The summed E-state index contributed by atoms with van der Waals surface area (Å²) >= 11 is 0. The molecule has 23 heavy (non-hydrogen) atoms. The maximum Gasteiger partial charge on any atom is 0.296 e. The SMILES string of the molecule is O=P1(CNc2ccccc2)Oc2ccccc2-c2ccccc21. The van der Waals surface area contributed by atoms with E-state index < -0.39 is 7.37 Å². The number of hydrogen-bond acceptors (Lipinski definition) is 3. The summed E-state index contributed by atoms with van der Waals surface area (Å²) in [6.45, 7) is 0. The van der Waals surface area contributed by atoms with Crippen LogP contribution in [0.1, 0.15) is 0 Å². The van der Waals surface area contributed by atoms with Crippen molar-refractivity contribution in [1.82, 2.24) is 0 Å². The van der Waals surface area contributed by atoms with E-state index in [4.69, 9.17) is 4.52 Å². The van der Waals surface area contributed by atoms with Crippen LogP contribution in [0.5, 0.6) is 5.75 Å². The molecule has 114 valence electrons. The first-order valence-electron chi connectivity index (χ1n) is 7.53. The second kappa shape index (κ2) is 5.60. The molecule has 1 heterocycles. The largest absolute Gasteiger partial charge is 0.438 e. The lowest BCUT2D eigenvalue weighted by Crippen LogP contribution is -2.22. The highest BCUT2D eigenvalue weighted by Crippen LogP contribution is 2.54. The van der Waals surface area contributed by atoms with Crippen LogP contribution in [0.25, 0.3) is 11.1 Å². The van der Waals surface area contributed by atoms with Gasteiger partial charge in [0.05, 0.1) is 5.30 Å². The monoisotopic (exact) mass is 321 g/mol. The van der Waals surface area contributed by atoms with Crippen LogP contribution in [0.15, 0.2) is 78.9 Å². The maximum atomic E-state index is 13.5. The minimum absolute atomic E-state index is 0.266. The van der Waals surface area contributed by atoms with Crippen LogP contribution in [0.2, 0.25) is 0 Å². The summed E-state index contributed by atoms with van der Waals surface area (Å²) < 4.78 is 19.5. The lowest BCUT2D eigenvalue weighted by atomic mass is 10.0. The minimum Gasteiger partial charge on any atom is -0.438 e. The molecule has 4 heteroatoms. The van der Waals surface area contributed by atoms with Crippen molar-refractivity contribution in [2.75, 3.05) is 11.6 Å². The molecule has 4 rings (SSSR count). The Morgan fingerprint density at radius 3 is 2.26 bits per heavy atom. The summed E-state index contributed by atoms with van der Waals surface area (Å²) in [5.41, 5.74) is 2.92. The summed E-state index contributed by atoms with van der Waals surface area (Å²) in [5, 5.41) is 4.02. The third kappa shape index (κ3) is 2.54. The van der Waals surface area contributed by atoms with Gasteiger partial charge in [0.25, 0.3) is 7.37 Å². The Morgan fingerprint density at radius 1 is 0.783 bits per heavy atom. The first-order valence-corrected chi connectivity index (χ1v) is 9.34. The van der Waals surface area contributed by atoms with Crippen molar-refractivity contribution >= 4 is 18.4 Å². The topological polar surface area (TPSA) is 38.3 Å². The lowest BCUT2D eigenvalue weighted by Gasteiger charge is -2.29. The molecule has 1 unspecified atom stereocenters. The third-order valence-electron chi connectivity index (χ3n) is 3.96. The zero-order valence-corrected chi connectivity index (χ0v) is 13.4. The third-order valence-corrected chi connectivity index (χ3v) is 6.15. The Labute approximate surface area is 135 Å². The van der Waals surface area contributed by atoms with Gasteiger partial charge in [-0.3, -0.25) is 4.57 Å². The second-order valence-corrected chi connectivity index (χ2v) is 7.81. The fraction of sp³-hybridized carbons (Fsp3) is 0.0526. The van der Waals surface area contributed by atoms with E-state index >= 15 is 0 Å². The van der Waals surface area contributed by atoms with E-state index in [1.807, 2.05) is 78.9 Å². The number of nitrogens with one attached hydrogen (secondary N) is 1. The quantitative estimate of drug-likeness (QED) is 0.709. The van der Waals surface area contributed by atoms with Gasteiger partial charge in [-0.1, -0.05) is 54.6 Å². The molecule has 3 aromatic carbocycles. The molecule has 1 aliphatic rings. The summed E-state index contributed by atoms with van der Waals surface area (Å²) in [4.78, 5) is 0. The normalized spacial score (nSPS) is 18.4. The van der Waals surface area contributed by atoms with Gasteiger partial charge in [0.15, 0.2) is 0 Å². The summed E-state index contributed by atoms with van der Waals surface area (Å²) in [5.74, 6) is 0.685. The van der Waals surface area contributed by atoms with Crippen LogP contribution < -0.4 is 15.1 Å². The lowest BCUT2D eigenvalue weighted by molar-refractivity contribution is 0.493. The van der Waals surface area contributed by atoms with E-state index in [-0.39, 0.29) is 6.29 Å². The highest BCUT2D eigenvalue weighted by molar-refractivity contribution is 7.67. The molecule has 0 saturated carbocycles. The number of fused-ring (bicyclic) bond motifs is 3. The molecule has 0 bridgehead atoms. The fourth-order valence-electron chi connectivity index (χ4n) is 2.84. The molecular formula is C19H16NO2P. The van der Waals surface area contributed by atoms with E-state index in [0.29, 0.717) is 5.75 Å². The molecule has 0 amide bonds. The number of hydrogen-bond donors (Lipinski definition) is 1. The number of benzene rings is 3. The van der Waals surface area contributed by atoms with Crippen molar-refractivity contribution < 1.29 is 9.09 Å². The van der Waals surface area contributed by atoms with Gasteiger partial charge < -0.3 is 9.84 Å². The molecule has 1 N–H and O–H groups in total. The van der Waals surface area contributed by atoms with Crippen molar-refractivity contribution in [2.24, 2.45) is 0 Å². The van der Waals surface area contributed by atoms with E-state index in [1.54, 1.807) is 0 Å². The Hall–Kier alpha value is -2.51. The van der Waals surface area contributed by atoms with Crippen molar-refractivity contribution in [3.05, 3.63) is 78.9 Å². The second-order valence-electron chi connectivity index (χ2n) is 5.48. The average molecular weight is 321 g/mol. The fourth-order valence-corrected chi connectivity index (χ4v) is 4.92. The molecule has 1 atom stereocenters. The molecule has 3 aromatic rings. The molecular weight excluding hydrogens is 305 g/mol. The van der Waals surface area contributed by atoms with Crippen LogP contribution in [-0.2, 0) is 4.57 Å². The van der Waals surface area contributed by atoms with Gasteiger partial charge in [-0.15, -0.1) is 0 Å². The number of anilines is 1. The van der Waals surface area contributed by atoms with E-state index in [9.17, 15) is 4.57 Å². The molecule has 0 fully saturated rings. The predicted molar refractivity (Wildman–Crippen MR) is 94.7 cm³/mol. The van der Waals surface area contributed by atoms with Crippen LogP contribution in [0.3, 0.4) is 0 Å². The van der Waals surface area contributed by atoms with Crippen LogP contribution in [0, 0.1) is 0 Å². The van der Waals surface area contributed by atoms with Gasteiger partial charge in [0.1, 0.15) is 12.0 Å². The molecule has 0 spiro atoms. The van der Waals surface area contributed by atoms with Crippen LogP contribution in [0.4, 0.5) is 5.69 Å². The van der Waals surface area contributed by atoms with E-state index in [2.05, 4.69) is 5.32 Å². The Kier molecular flexibility index (Phi) is 3.44. The van der Waals surface area contributed by atoms with Crippen molar-refractivity contribution in [2.45, 2.75) is 0 Å². The van der Waals surface area contributed by atoms with Gasteiger partial charge in [0.2, 0.25) is 0 Å². The molecule has 0 aliphatic carbocycles. The summed E-state index contributed by atoms with van der Waals surface area (Å²) in [6.07, 6.45) is 0.266. The van der Waals surface area contributed by atoms with Gasteiger partial charge >= 0.3 is 0 Å². The van der Waals surface area contributed by atoms with Crippen molar-refractivity contribution in [1.29, 1.82) is 0 Å². The van der Waals surface area contributed by atoms with Crippen LogP contribution >= 0.6 is 7.37 Å². The molecule has 0 saturated heterocycles. The predicted octanol–water partition coefficient (Wildman–Crippen LogP) is 4.72. The van der Waals surface area contributed by atoms with Gasteiger partial charge in [-0.25, -0.2) is 0 Å². The van der Waals surface area contributed by atoms with E-state index in [0.717, 1.165) is 22.1 Å². The highest BCUT2D eigenvalue weighted by Gasteiger charge is 2.35. The Bertz CT molecular complexity index is 893. The number of para-hydroxylation sites is 2. The number of rotatable bonds is 3. The van der Waals surface area contributed by atoms with Gasteiger partial charge in [-0.2, -0.15) is 0 Å². The Morgan fingerprint density at radius 2 is 1.43 bits per heavy atom. The molecule has 3 nitrogen and oxygen atoms in total. The molecule has 1 aliphatic heterocycles.